The van der Waals surface area contributed by atoms with Crippen molar-refractivity contribution in [3.05, 3.63) is 29.1 Å². The van der Waals surface area contributed by atoms with E-state index in [2.05, 4.69) is 0 Å². The van der Waals surface area contributed by atoms with Crippen molar-refractivity contribution in [2.75, 3.05) is 0 Å². The standard InChI is InChI=1S/C9H6F4O2/c1-4(14)5-2-6(9(11,12)13)7(10)3-8(5)15/h2-3,15H,1H3. The monoisotopic (exact) mass is 222 g/mol. The van der Waals surface area contributed by atoms with E-state index in [-0.39, 0.29) is 6.07 Å². The Morgan fingerprint density at radius 3 is 2.27 bits per heavy atom. The molecule has 0 spiro atoms. The zero-order chi connectivity index (χ0) is 11.8. The molecule has 0 bridgehead atoms. The number of hydrogen-bond acceptors (Lipinski definition) is 2. The summed E-state index contributed by atoms with van der Waals surface area (Å²) in [5, 5.41) is 9.02. The fourth-order valence-electron chi connectivity index (χ4n) is 1.06. The second-order valence-electron chi connectivity index (χ2n) is 2.90. The number of phenolic OH excluding ortho intramolecular Hbond substituents is 1. The second-order valence-corrected chi connectivity index (χ2v) is 2.90. The average Bonchev–Trinajstić information content (AvgIpc) is 2.00. The van der Waals surface area contributed by atoms with E-state index in [0.717, 1.165) is 6.92 Å². The molecule has 1 aromatic carbocycles. The Kier molecular flexibility index (Phi) is 2.70. The summed E-state index contributed by atoms with van der Waals surface area (Å²) in [5.74, 6) is -3.17. The van der Waals surface area contributed by atoms with Crippen LogP contribution in [0.2, 0.25) is 0 Å². The molecule has 15 heavy (non-hydrogen) atoms. The molecular formula is C9H6F4O2. The fourth-order valence-corrected chi connectivity index (χ4v) is 1.06. The van der Waals surface area contributed by atoms with Crippen molar-refractivity contribution in [3.8, 4) is 5.75 Å². The minimum absolute atomic E-state index is 0.277. The van der Waals surface area contributed by atoms with Crippen molar-refractivity contribution in [1.82, 2.24) is 0 Å². The first-order valence-electron chi connectivity index (χ1n) is 3.84. The van der Waals surface area contributed by atoms with Crippen LogP contribution >= 0.6 is 0 Å². The Hall–Kier alpha value is -1.59. The van der Waals surface area contributed by atoms with E-state index in [1.165, 1.54) is 0 Å². The molecule has 0 aliphatic rings. The molecule has 0 unspecified atom stereocenters. The number of aromatic hydroxyl groups is 1. The highest BCUT2D eigenvalue weighted by atomic mass is 19.4. The number of alkyl halides is 3. The molecule has 0 fully saturated rings. The third-order valence-electron chi connectivity index (χ3n) is 1.77. The van der Waals surface area contributed by atoms with Crippen LogP contribution in [0.25, 0.3) is 0 Å². The van der Waals surface area contributed by atoms with E-state index < -0.39 is 34.7 Å². The summed E-state index contributed by atoms with van der Waals surface area (Å²) in [6.07, 6.45) is -4.89. The number of phenols is 1. The zero-order valence-corrected chi connectivity index (χ0v) is 7.52. The molecule has 0 radical (unpaired) electrons. The molecule has 1 N–H and O–H groups in total. The summed E-state index contributed by atoms with van der Waals surface area (Å²) in [5.41, 5.74) is -2.12. The minimum Gasteiger partial charge on any atom is -0.507 e. The molecular weight excluding hydrogens is 216 g/mol. The average molecular weight is 222 g/mol. The number of carbonyl (C=O) groups excluding carboxylic acids is 1. The molecule has 1 aromatic rings. The van der Waals surface area contributed by atoms with Gasteiger partial charge in [-0.15, -0.1) is 0 Å². The van der Waals surface area contributed by atoms with E-state index in [4.69, 9.17) is 5.11 Å². The lowest BCUT2D eigenvalue weighted by atomic mass is 10.1. The topological polar surface area (TPSA) is 37.3 Å². The lowest BCUT2D eigenvalue weighted by Crippen LogP contribution is -2.10. The number of halogens is 4. The summed E-state index contributed by atoms with van der Waals surface area (Å²) >= 11 is 0. The number of ketones is 1. The summed E-state index contributed by atoms with van der Waals surface area (Å²) in [6, 6.07) is 0.576. The van der Waals surface area contributed by atoms with Crippen LogP contribution in [0.5, 0.6) is 5.75 Å². The molecule has 2 nitrogen and oxygen atoms in total. The van der Waals surface area contributed by atoms with Crippen molar-refractivity contribution in [3.63, 3.8) is 0 Å². The normalized spacial score (nSPS) is 11.5. The van der Waals surface area contributed by atoms with Crippen LogP contribution in [-0.4, -0.2) is 10.9 Å². The molecule has 6 heteroatoms. The van der Waals surface area contributed by atoms with Gasteiger partial charge in [-0.25, -0.2) is 4.39 Å². The third-order valence-corrected chi connectivity index (χ3v) is 1.77. The smallest absolute Gasteiger partial charge is 0.419 e. The first-order valence-corrected chi connectivity index (χ1v) is 3.84. The summed E-state index contributed by atoms with van der Waals surface area (Å²) in [6.45, 7) is 0.979. The van der Waals surface area contributed by atoms with Gasteiger partial charge in [0.15, 0.2) is 5.78 Å². The van der Waals surface area contributed by atoms with Gasteiger partial charge in [0.25, 0.3) is 0 Å². The lowest BCUT2D eigenvalue weighted by Gasteiger charge is -2.10. The van der Waals surface area contributed by atoms with Gasteiger partial charge in [-0.2, -0.15) is 13.2 Å². The van der Waals surface area contributed by atoms with Crippen molar-refractivity contribution in [2.24, 2.45) is 0 Å². The number of carbonyl (C=O) groups is 1. The zero-order valence-electron chi connectivity index (χ0n) is 7.52. The number of hydrogen-bond donors (Lipinski definition) is 1. The van der Waals surface area contributed by atoms with Gasteiger partial charge in [-0.3, -0.25) is 4.79 Å². The molecule has 0 amide bonds. The van der Waals surface area contributed by atoms with Crippen molar-refractivity contribution < 1.29 is 27.5 Å². The number of Topliss-reactive ketones (excluding diaryl/α,β-unsaturated/α-hetero) is 1. The van der Waals surface area contributed by atoms with Gasteiger partial charge in [0.05, 0.1) is 11.1 Å². The van der Waals surface area contributed by atoms with E-state index in [0.29, 0.717) is 6.07 Å². The van der Waals surface area contributed by atoms with Crippen LogP contribution in [-0.2, 0) is 6.18 Å². The summed E-state index contributed by atoms with van der Waals surface area (Å²) in [4.78, 5) is 10.8. The van der Waals surface area contributed by atoms with E-state index in [1.807, 2.05) is 0 Å². The quantitative estimate of drug-likeness (QED) is 0.586. The van der Waals surface area contributed by atoms with Crippen LogP contribution in [0, 0.1) is 5.82 Å². The highest BCUT2D eigenvalue weighted by Gasteiger charge is 2.35. The fraction of sp³-hybridized carbons (Fsp3) is 0.222. The Bertz CT molecular complexity index is 409. The Morgan fingerprint density at radius 2 is 1.87 bits per heavy atom. The number of benzene rings is 1. The summed E-state index contributed by atoms with van der Waals surface area (Å²) < 4.78 is 49.4. The van der Waals surface area contributed by atoms with Gasteiger partial charge < -0.3 is 5.11 Å². The van der Waals surface area contributed by atoms with Crippen LogP contribution < -0.4 is 0 Å². The predicted octanol–water partition coefficient (Wildman–Crippen LogP) is 2.75. The SMILES string of the molecule is CC(=O)c1cc(C(F)(F)F)c(F)cc1O. The molecule has 0 atom stereocenters. The third kappa shape index (κ3) is 2.26. The Morgan fingerprint density at radius 1 is 1.33 bits per heavy atom. The van der Waals surface area contributed by atoms with Gasteiger partial charge in [0, 0.05) is 6.07 Å². The first-order chi connectivity index (χ1) is 6.73. The summed E-state index contributed by atoms with van der Waals surface area (Å²) in [7, 11) is 0. The van der Waals surface area contributed by atoms with Crippen LogP contribution in [0.3, 0.4) is 0 Å². The van der Waals surface area contributed by atoms with E-state index in [1.54, 1.807) is 0 Å². The predicted molar refractivity (Wildman–Crippen MR) is 43.1 cm³/mol. The molecule has 1 rings (SSSR count). The van der Waals surface area contributed by atoms with Gasteiger partial charge >= 0.3 is 6.18 Å². The van der Waals surface area contributed by atoms with Gasteiger partial charge in [-0.1, -0.05) is 0 Å². The van der Waals surface area contributed by atoms with Crippen LogP contribution in [0.4, 0.5) is 17.6 Å². The van der Waals surface area contributed by atoms with E-state index in [9.17, 15) is 22.4 Å². The lowest BCUT2D eigenvalue weighted by molar-refractivity contribution is -0.140. The van der Waals surface area contributed by atoms with Gasteiger partial charge in [0.2, 0.25) is 0 Å². The highest BCUT2D eigenvalue weighted by molar-refractivity contribution is 5.96. The molecule has 0 aromatic heterocycles. The molecule has 0 aliphatic carbocycles. The van der Waals surface area contributed by atoms with Crippen LogP contribution in [0.1, 0.15) is 22.8 Å². The number of rotatable bonds is 1. The minimum atomic E-state index is -4.89. The Labute approximate surface area is 82.1 Å². The molecule has 0 heterocycles. The largest absolute Gasteiger partial charge is 0.507 e. The molecule has 0 aliphatic heterocycles. The highest BCUT2D eigenvalue weighted by Crippen LogP contribution is 2.34. The van der Waals surface area contributed by atoms with Crippen molar-refractivity contribution in [1.29, 1.82) is 0 Å². The Balaban J connectivity index is 3.43. The van der Waals surface area contributed by atoms with Gasteiger partial charge in [-0.05, 0) is 13.0 Å². The first kappa shape index (κ1) is 11.5. The van der Waals surface area contributed by atoms with Crippen LogP contribution in [0.15, 0.2) is 12.1 Å². The maximum atomic E-state index is 12.8. The van der Waals surface area contributed by atoms with E-state index >= 15 is 0 Å². The maximum Gasteiger partial charge on any atom is 0.419 e. The molecule has 82 valence electrons. The van der Waals surface area contributed by atoms with Crippen molar-refractivity contribution >= 4 is 5.78 Å². The van der Waals surface area contributed by atoms with Gasteiger partial charge in [0.1, 0.15) is 11.6 Å². The second kappa shape index (κ2) is 3.52. The molecule has 0 saturated carbocycles. The maximum absolute atomic E-state index is 12.8. The molecule has 0 saturated heterocycles. The van der Waals surface area contributed by atoms with Crippen molar-refractivity contribution in [2.45, 2.75) is 13.1 Å².